The molecule has 0 bridgehead atoms. The lowest BCUT2D eigenvalue weighted by atomic mass is 9.98. The van der Waals surface area contributed by atoms with Crippen molar-refractivity contribution in [3.05, 3.63) is 75.3 Å². The number of rotatable bonds is 7. The first-order valence-electron chi connectivity index (χ1n) is 13.4. The Hall–Kier alpha value is -4.22. The van der Waals surface area contributed by atoms with Gasteiger partial charge in [-0.25, -0.2) is 18.7 Å². The van der Waals surface area contributed by atoms with E-state index in [2.05, 4.69) is 20.7 Å². The molecule has 5 rings (SSSR count). The van der Waals surface area contributed by atoms with Crippen molar-refractivity contribution < 1.29 is 28.6 Å². The smallest absolute Gasteiger partial charge is 0.337 e. The molecule has 1 aliphatic rings. The van der Waals surface area contributed by atoms with E-state index in [9.17, 15) is 19.1 Å². The Labute approximate surface area is 246 Å². The maximum absolute atomic E-state index is 13.7. The molecule has 12 heteroatoms. The number of hydrogen-bond donors (Lipinski definition) is 3. The number of carbonyl (C=O) groups is 2. The molecule has 4 aromatic rings. The molecule has 0 saturated carbocycles. The number of hydrogen-bond acceptors (Lipinski definition) is 7. The Balaban J connectivity index is 1.66. The van der Waals surface area contributed by atoms with Crippen molar-refractivity contribution in [3.8, 4) is 17.0 Å². The van der Waals surface area contributed by atoms with Crippen molar-refractivity contribution in [1.82, 2.24) is 19.9 Å². The van der Waals surface area contributed by atoms with Gasteiger partial charge in [0.1, 0.15) is 18.2 Å². The molecule has 2 aromatic heterocycles. The van der Waals surface area contributed by atoms with Crippen LogP contribution in [0.2, 0.25) is 5.02 Å². The number of carboxylic acid groups (broad SMARTS) is 1. The fourth-order valence-electron chi connectivity index (χ4n) is 4.86. The standard InChI is InChI=1S/C30H31ClFN5O5/c1-15-12-17(6-8-19(15)32)14-34-28(38)20-13-22-35-16(2)23(27(29(39)40)42-30(3,4)5)26(37(22)36-20)18-7-9-21-25(24(18)31)33-10-11-41-21/h6-9,12-13,27,33H,10-11,14H2,1-5H3,(H,34,38)(H,39,40)/t27-/m0/s1. The molecule has 1 amide bonds. The van der Waals surface area contributed by atoms with Crippen LogP contribution in [0.15, 0.2) is 36.4 Å². The van der Waals surface area contributed by atoms with Gasteiger partial charge in [-0.2, -0.15) is 5.10 Å². The predicted octanol–water partition coefficient (Wildman–Crippen LogP) is 5.48. The molecule has 0 saturated heterocycles. The topological polar surface area (TPSA) is 127 Å². The lowest BCUT2D eigenvalue weighted by molar-refractivity contribution is -0.160. The molecule has 2 aromatic carbocycles. The van der Waals surface area contributed by atoms with Crippen LogP contribution in [0.4, 0.5) is 10.1 Å². The number of ether oxygens (including phenoxy) is 2. The largest absolute Gasteiger partial charge is 0.490 e. The molecule has 3 N–H and O–H groups in total. The van der Waals surface area contributed by atoms with E-state index in [1.54, 1.807) is 58.9 Å². The van der Waals surface area contributed by atoms with E-state index in [4.69, 9.17) is 21.1 Å². The molecular weight excluding hydrogens is 565 g/mol. The summed E-state index contributed by atoms with van der Waals surface area (Å²) in [5, 5.41) is 21.2. The predicted molar refractivity (Wildman–Crippen MR) is 156 cm³/mol. The number of fused-ring (bicyclic) bond motifs is 2. The SMILES string of the molecule is Cc1cc(CNC(=O)c2cc3nc(C)c([C@H](OC(C)(C)C)C(=O)O)c(-c4ccc5c(c4Cl)NCCO5)n3n2)ccc1F. The van der Waals surface area contributed by atoms with E-state index in [1.807, 2.05) is 0 Å². The summed E-state index contributed by atoms with van der Waals surface area (Å²) in [6, 6.07) is 9.59. The van der Waals surface area contributed by atoms with E-state index in [0.29, 0.717) is 57.8 Å². The number of halogens is 2. The number of benzene rings is 2. The molecule has 220 valence electrons. The highest BCUT2D eigenvalue weighted by atomic mass is 35.5. The Morgan fingerprint density at radius 2 is 2.00 bits per heavy atom. The number of carbonyl (C=O) groups excluding carboxylic acids is 1. The Morgan fingerprint density at radius 3 is 2.69 bits per heavy atom. The zero-order valence-electron chi connectivity index (χ0n) is 23.8. The van der Waals surface area contributed by atoms with Crippen LogP contribution in [-0.4, -0.2) is 50.3 Å². The third-order valence-electron chi connectivity index (χ3n) is 6.72. The second kappa shape index (κ2) is 11.2. The minimum Gasteiger partial charge on any atom is -0.490 e. The van der Waals surface area contributed by atoms with Crippen LogP contribution in [0, 0.1) is 19.7 Å². The molecule has 0 radical (unpaired) electrons. The van der Waals surface area contributed by atoms with E-state index < -0.39 is 23.6 Å². The van der Waals surface area contributed by atoms with Gasteiger partial charge in [-0.05, 0) is 63.9 Å². The first kappa shape index (κ1) is 29.3. The normalized spacial score (nSPS) is 13.7. The van der Waals surface area contributed by atoms with Gasteiger partial charge in [-0.15, -0.1) is 0 Å². The van der Waals surface area contributed by atoms with Crippen molar-refractivity contribution in [2.75, 3.05) is 18.5 Å². The fourth-order valence-corrected chi connectivity index (χ4v) is 5.17. The van der Waals surface area contributed by atoms with Gasteiger partial charge in [0, 0.05) is 36.0 Å². The average Bonchev–Trinajstić information content (AvgIpc) is 3.35. The summed E-state index contributed by atoms with van der Waals surface area (Å²) < 4.78 is 26.8. The summed E-state index contributed by atoms with van der Waals surface area (Å²) in [6.45, 7) is 9.78. The molecular formula is C30H31ClFN5O5. The Bertz CT molecular complexity index is 1710. The van der Waals surface area contributed by atoms with Crippen molar-refractivity contribution in [3.63, 3.8) is 0 Å². The number of aromatic nitrogens is 3. The van der Waals surface area contributed by atoms with Gasteiger partial charge < -0.3 is 25.2 Å². The number of aryl methyl sites for hydroxylation is 2. The second-order valence-electron chi connectivity index (χ2n) is 11.0. The summed E-state index contributed by atoms with van der Waals surface area (Å²) in [5.74, 6) is -1.46. The first-order chi connectivity index (χ1) is 19.8. The molecule has 1 aliphatic heterocycles. The van der Waals surface area contributed by atoms with Crippen LogP contribution in [0.3, 0.4) is 0 Å². The maximum atomic E-state index is 13.7. The van der Waals surface area contributed by atoms with Gasteiger partial charge in [0.25, 0.3) is 5.91 Å². The number of aliphatic carboxylic acids is 1. The summed E-state index contributed by atoms with van der Waals surface area (Å²) in [5.41, 5.74) is 2.72. The second-order valence-corrected chi connectivity index (χ2v) is 11.4. The van der Waals surface area contributed by atoms with Gasteiger partial charge >= 0.3 is 5.97 Å². The molecule has 10 nitrogen and oxygen atoms in total. The molecule has 0 fully saturated rings. The van der Waals surface area contributed by atoms with E-state index in [1.165, 1.54) is 16.6 Å². The van der Waals surface area contributed by atoms with Gasteiger partial charge in [0.05, 0.1) is 22.0 Å². The zero-order valence-corrected chi connectivity index (χ0v) is 24.6. The van der Waals surface area contributed by atoms with Crippen LogP contribution in [0.25, 0.3) is 16.9 Å². The lowest BCUT2D eigenvalue weighted by Gasteiger charge is -2.28. The van der Waals surface area contributed by atoms with Crippen LogP contribution in [0.5, 0.6) is 5.75 Å². The fraction of sp³-hybridized carbons (Fsp3) is 0.333. The molecule has 0 spiro atoms. The number of amides is 1. The molecule has 0 unspecified atom stereocenters. The van der Waals surface area contributed by atoms with Crippen LogP contribution in [0.1, 0.15) is 59.7 Å². The summed E-state index contributed by atoms with van der Waals surface area (Å²) >= 11 is 6.92. The number of carboxylic acids is 1. The zero-order chi connectivity index (χ0) is 30.3. The number of nitrogens with zero attached hydrogens (tertiary/aromatic N) is 3. The maximum Gasteiger partial charge on any atom is 0.337 e. The molecule has 3 heterocycles. The number of anilines is 1. The first-order valence-corrected chi connectivity index (χ1v) is 13.8. The Kier molecular flexibility index (Phi) is 7.82. The van der Waals surface area contributed by atoms with E-state index in [0.717, 1.165) is 5.56 Å². The van der Waals surface area contributed by atoms with E-state index >= 15 is 0 Å². The summed E-state index contributed by atoms with van der Waals surface area (Å²) in [6.07, 6.45) is -1.42. The van der Waals surface area contributed by atoms with Crippen LogP contribution < -0.4 is 15.4 Å². The Morgan fingerprint density at radius 1 is 1.24 bits per heavy atom. The minimum atomic E-state index is -1.42. The number of nitrogens with one attached hydrogen (secondary N) is 2. The molecule has 1 atom stereocenters. The summed E-state index contributed by atoms with van der Waals surface area (Å²) in [7, 11) is 0. The average molecular weight is 596 g/mol. The van der Waals surface area contributed by atoms with Gasteiger partial charge in [-0.3, -0.25) is 4.79 Å². The highest BCUT2D eigenvalue weighted by Crippen LogP contribution is 2.44. The quantitative estimate of drug-likeness (QED) is 0.256. The highest BCUT2D eigenvalue weighted by molar-refractivity contribution is 6.36. The van der Waals surface area contributed by atoms with Gasteiger partial charge in [0.2, 0.25) is 0 Å². The van der Waals surface area contributed by atoms with E-state index in [-0.39, 0.29) is 23.6 Å². The third kappa shape index (κ3) is 5.75. The van der Waals surface area contributed by atoms with Crippen LogP contribution in [-0.2, 0) is 16.1 Å². The van der Waals surface area contributed by atoms with Crippen molar-refractivity contribution >= 4 is 34.8 Å². The monoisotopic (exact) mass is 595 g/mol. The van der Waals surface area contributed by atoms with Crippen molar-refractivity contribution in [1.29, 1.82) is 0 Å². The minimum absolute atomic E-state index is 0.0540. The van der Waals surface area contributed by atoms with Gasteiger partial charge in [0.15, 0.2) is 17.4 Å². The summed E-state index contributed by atoms with van der Waals surface area (Å²) in [4.78, 5) is 30.4. The molecule has 0 aliphatic carbocycles. The van der Waals surface area contributed by atoms with Gasteiger partial charge in [-0.1, -0.05) is 23.7 Å². The molecule has 42 heavy (non-hydrogen) atoms. The lowest BCUT2D eigenvalue weighted by Crippen LogP contribution is -2.29. The van der Waals surface area contributed by atoms with Crippen LogP contribution >= 0.6 is 11.6 Å². The van der Waals surface area contributed by atoms with Crippen molar-refractivity contribution in [2.45, 2.75) is 52.9 Å². The third-order valence-corrected chi connectivity index (χ3v) is 7.11. The van der Waals surface area contributed by atoms with Crippen molar-refractivity contribution in [2.24, 2.45) is 0 Å². The highest BCUT2D eigenvalue weighted by Gasteiger charge is 2.34.